The second-order valence-electron chi connectivity index (χ2n) is 6.53. The zero-order valence-electron chi connectivity index (χ0n) is 16.3. The predicted octanol–water partition coefficient (Wildman–Crippen LogP) is 5.23. The van der Waals surface area contributed by atoms with E-state index >= 15 is 0 Å². The Bertz CT molecular complexity index is 1180. The van der Waals surface area contributed by atoms with Crippen molar-refractivity contribution >= 4 is 34.0 Å². The topological polar surface area (TPSA) is 57.0 Å². The van der Waals surface area contributed by atoms with Crippen LogP contribution >= 0.6 is 23.1 Å². The summed E-state index contributed by atoms with van der Waals surface area (Å²) in [6, 6.07) is 15.4. The van der Waals surface area contributed by atoms with Crippen LogP contribution in [0, 0.1) is 0 Å². The van der Waals surface area contributed by atoms with Gasteiger partial charge >= 0.3 is 0 Å². The van der Waals surface area contributed by atoms with Gasteiger partial charge in [0.25, 0.3) is 5.56 Å². The largest absolute Gasteiger partial charge is 0.497 e. The van der Waals surface area contributed by atoms with Crippen LogP contribution in [0.2, 0.25) is 0 Å². The summed E-state index contributed by atoms with van der Waals surface area (Å²) in [5, 5.41) is 4.45. The highest BCUT2D eigenvalue weighted by atomic mass is 32.2. The van der Waals surface area contributed by atoms with E-state index in [1.165, 1.54) is 0 Å². The lowest BCUT2D eigenvalue weighted by molar-refractivity contribution is 0.415. The highest BCUT2D eigenvalue weighted by Crippen LogP contribution is 2.28. The number of aromatic nitrogens is 3. The zero-order chi connectivity index (χ0) is 20.2. The molecule has 7 heteroatoms. The molecule has 29 heavy (non-hydrogen) atoms. The molecule has 2 heterocycles. The van der Waals surface area contributed by atoms with Crippen molar-refractivity contribution in [2.45, 2.75) is 30.8 Å². The van der Waals surface area contributed by atoms with Gasteiger partial charge in [0, 0.05) is 23.2 Å². The van der Waals surface area contributed by atoms with E-state index < -0.39 is 0 Å². The third kappa shape index (κ3) is 4.21. The summed E-state index contributed by atoms with van der Waals surface area (Å²) in [6.07, 6.45) is 0.881. The molecule has 0 bridgehead atoms. The molecular weight excluding hydrogens is 402 g/mol. The Morgan fingerprint density at radius 2 is 1.90 bits per heavy atom. The van der Waals surface area contributed by atoms with E-state index in [0.717, 1.165) is 39.1 Å². The first-order chi connectivity index (χ1) is 14.2. The number of benzene rings is 2. The van der Waals surface area contributed by atoms with Crippen molar-refractivity contribution in [3.8, 4) is 16.3 Å². The number of fused-ring (bicyclic) bond motifs is 1. The van der Waals surface area contributed by atoms with E-state index in [1.54, 1.807) is 34.8 Å². The Morgan fingerprint density at radius 3 is 2.66 bits per heavy atom. The molecule has 0 spiro atoms. The fraction of sp³-hybridized carbons (Fsp3) is 0.227. The molecule has 0 aliphatic rings. The molecule has 0 aliphatic carbocycles. The van der Waals surface area contributed by atoms with Gasteiger partial charge in [0.2, 0.25) is 0 Å². The van der Waals surface area contributed by atoms with Crippen molar-refractivity contribution in [1.29, 1.82) is 0 Å². The first kappa shape index (κ1) is 19.7. The van der Waals surface area contributed by atoms with Gasteiger partial charge in [0.15, 0.2) is 5.16 Å². The van der Waals surface area contributed by atoms with Gasteiger partial charge in [-0.15, -0.1) is 11.3 Å². The number of rotatable bonds is 7. The molecule has 5 nitrogen and oxygen atoms in total. The molecule has 0 aliphatic heterocycles. The molecule has 0 unspecified atom stereocenters. The minimum Gasteiger partial charge on any atom is -0.497 e. The minimum absolute atomic E-state index is 0.0251. The lowest BCUT2D eigenvalue weighted by Gasteiger charge is -2.11. The molecule has 0 atom stereocenters. The third-order valence-electron chi connectivity index (χ3n) is 4.51. The quantitative estimate of drug-likeness (QED) is 0.301. The zero-order valence-corrected chi connectivity index (χ0v) is 17.9. The highest BCUT2D eigenvalue weighted by Gasteiger charge is 2.12. The Balaban J connectivity index is 1.57. The van der Waals surface area contributed by atoms with Crippen molar-refractivity contribution < 1.29 is 4.74 Å². The van der Waals surface area contributed by atoms with Gasteiger partial charge in [-0.05, 0) is 42.8 Å². The summed E-state index contributed by atoms with van der Waals surface area (Å²) in [6.45, 7) is 2.73. The maximum Gasteiger partial charge on any atom is 0.262 e. The molecule has 0 saturated heterocycles. The first-order valence-electron chi connectivity index (χ1n) is 9.41. The second kappa shape index (κ2) is 8.80. The van der Waals surface area contributed by atoms with Crippen LogP contribution in [0.25, 0.3) is 21.5 Å². The number of nitrogens with zero attached hydrogens (tertiary/aromatic N) is 3. The standard InChI is InChI=1S/C22H21N3O2S2/c1-3-12-25-21(26)18-6-4-5-7-19(18)24-22(25)29-14-16-13-28-20(23-16)15-8-10-17(27-2)11-9-15/h4-11,13H,3,12,14H2,1-2H3. The first-order valence-corrected chi connectivity index (χ1v) is 11.3. The van der Waals surface area contributed by atoms with Crippen LogP contribution in [-0.2, 0) is 12.3 Å². The van der Waals surface area contributed by atoms with Crippen molar-refractivity contribution in [1.82, 2.24) is 14.5 Å². The Kier molecular flexibility index (Phi) is 5.97. The van der Waals surface area contributed by atoms with Gasteiger partial charge in [-0.1, -0.05) is 30.8 Å². The van der Waals surface area contributed by atoms with Crippen LogP contribution in [0.15, 0.2) is 63.9 Å². The maximum atomic E-state index is 12.9. The summed E-state index contributed by atoms with van der Waals surface area (Å²) in [7, 11) is 1.66. The van der Waals surface area contributed by atoms with E-state index in [-0.39, 0.29) is 5.56 Å². The van der Waals surface area contributed by atoms with Crippen molar-refractivity contribution in [2.24, 2.45) is 0 Å². The lowest BCUT2D eigenvalue weighted by atomic mass is 10.2. The number of ether oxygens (including phenoxy) is 1. The van der Waals surface area contributed by atoms with E-state index in [9.17, 15) is 4.79 Å². The third-order valence-corrected chi connectivity index (χ3v) is 6.46. The van der Waals surface area contributed by atoms with Crippen molar-refractivity contribution in [3.63, 3.8) is 0 Å². The molecule has 0 radical (unpaired) electrons. The van der Waals surface area contributed by atoms with Gasteiger partial charge in [0.05, 0.1) is 23.7 Å². The molecule has 4 rings (SSSR count). The molecule has 0 amide bonds. The number of hydrogen-bond donors (Lipinski definition) is 0. The van der Waals surface area contributed by atoms with E-state index in [2.05, 4.69) is 12.3 Å². The average molecular weight is 424 g/mol. The molecule has 4 aromatic rings. The van der Waals surface area contributed by atoms with Crippen LogP contribution in [0.4, 0.5) is 0 Å². The minimum atomic E-state index is 0.0251. The number of hydrogen-bond acceptors (Lipinski definition) is 6. The van der Waals surface area contributed by atoms with Crippen molar-refractivity contribution in [2.75, 3.05) is 7.11 Å². The predicted molar refractivity (Wildman–Crippen MR) is 120 cm³/mol. The molecule has 2 aromatic heterocycles. The number of para-hydroxylation sites is 1. The fourth-order valence-corrected chi connectivity index (χ4v) is 4.91. The van der Waals surface area contributed by atoms with Gasteiger partial charge in [0.1, 0.15) is 10.8 Å². The Hall–Kier alpha value is -2.64. The summed E-state index contributed by atoms with van der Waals surface area (Å²) < 4.78 is 7.00. The van der Waals surface area contributed by atoms with Gasteiger partial charge in [-0.3, -0.25) is 9.36 Å². The van der Waals surface area contributed by atoms with Crippen LogP contribution in [0.1, 0.15) is 19.0 Å². The van der Waals surface area contributed by atoms with Crippen molar-refractivity contribution in [3.05, 3.63) is 70.0 Å². The summed E-state index contributed by atoms with van der Waals surface area (Å²) in [4.78, 5) is 22.4. The van der Waals surface area contributed by atoms with E-state index in [4.69, 9.17) is 14.7 Å². The van der Waals surface area contributed by atoms with Gasteiger partial charge in [-0.25, -0.2) is 9.97 Å². The molecule has 148 valence electrons. The average Bonchev–Trinajstić information content (AvgIpc) is 3.24. The number of methoxy groups -OCH3 is 1. The molecule has 0 N–H and O–H groups in total. The normalized spacial score (nSPS) is 11.1. The van der Waals surface area contributed by atoms with Gasteiger partial charge in [-0.2, -0.15) is 0 Å². The smallest absolute Gasteiger partial charge is 0.262 e. The molecule has 2 aromatic carbocycles. The SMILES string of the molecule is CCCn1c(SCc2csc(-c3ccc(OC)cc3)n2)nc2ccccc2c1=O. The monoisotopic (exact) mass is 423 g/mol. The second-order valence-corrected chi connectivity index (χ2v) is 8.33. The highest BCUT2D eigenvalue weighted by molar-refractivity contribution is 7.98. The molecule has 0 fully saturated rings. The van der Waals surface area contributed by atoms with E-state index in [0.29, 0.717) is 17.7 Å². The van der Waals surface area contributed by atoms with Crippen LogP contribution in [0.3, 0.4) is 0 Å². The van der Waals surface area contributed by atoms with Crippen LogP contribution < -0.4 is 10.3 Å². The van der Waals surface area contributed by atoms with E-state index in [1.807, 2.05) is 48.5 Å². The van der Waals surface area contributed by atoms with Gasteiger partial charge < -0.3 is 4.74 Å². The molecular formula is C22H21N3O2S2. The fourth-order valence-electron chi connectivity index (χ4n) is 3.06. The van der Waals surface area contributed by atoms with Crippen LogP contribution in [-0.4, -0.2) is 21.6 Å². The number of thioether (sulfide) groups is 1. The summed E-state index contributed by atoms with van der Waals surface area (Å²) in [5.41, 5.74) is 2.82. The Morgan fingerprint density at radius 1 is 1.10 bits per heavy atom. The lowest BCUT2D eigenvalue weighted by Crippen LogP contribution is -2.23. The maximum absolute atomic E-state index is 12.9. The molecule has 0 saturated carbocycles. The summed E-state index contributed by atoms with van der Waals surface area (Å²) >= 11 is 3.18. The van der Waals surface area contributed by atoms with Crippen LogP contribution in [0.5, 0.6) is 5.75 Å². The number of thiazole rings is 1. The summed E-state index contributed by atoms with van der Waals surface area (Å²) in [5.74, 6) is 1.50. The Labute approximate surface area is 177 Å².